The molecule has 8 heteroatoms. The van der Waals surface area contributed by atoms with Crippen LogP contribution in [0.1, 0.15) is 63.0 Å². The molecular weight excluding hydrogens is 490 g/mol. The van der Waals surface area contributed by atoms with E-state index in [0.717, 1.165) is 41.4 Å². The molecule has 4 aromatic rings. The minimum absolute atomic E-state index is 0.374. The second-order valence-corrected chi connectivity index (χ2v) is 10.7. The molecule has 5 rings (SSSR count). The number of ether oxygens (including phenoxy) is 1. The molecule has 3 heterocycles. The number of imidazole rings is 1. The summed E-state index contributed by atoms with van der Waals surface area (Å²) in [5, 5.41) is 14.6. The van der Waals surface area contributed by atoms with Gasteiger partial charge in [-0.05, 0) is 68.0 Å². The van der Waals surface area contributed by atoms with Crippen molar-refractivity contribution < 1.29 is 14.6 Å². The molecule has 0 amide bonds. The Morgan fingerprint density at radius 2 is 1.85 bits per heavy atom. The molecule has 8 nitrogen and oxygen atoms in total. The van der Waals surface area contributed by atoms with E-state index in [-0.39, 0.29) is 0 Å². The molecule has 206 valence electrons. The first-order chi connectivity index (χ1) is 18.9. The first kappa shape index (κ1) is 26.8. The number of carboxylic acid groups (broad SMARTS) is 1. The van der Waals surface area contributed by atoms with Gasteiger partial charge in [-0.2, -0.15) is 5.10 Å². The zero-order valence-electron chi connectivity index (χ0n) is 23.3. The highest BCUT2D eigenvalue weighted by molar-refractivity contribution is 5.79. The van der Waals surface area contributed by atoms with Crippen LogP contribution in [0.5, 0.6) is 5.75 Å². The Hall–Kier alpha value is -3.81. The molecule has 2 aromatic heterocycles. The average Bonchev–Trinajstić information content (AvgIpc) is 3.53. The van der Waals surface area contributed by atoms with E-state index in [1.165, 1.54) is 30.5 Å². The predicted molar refractivity (Wildman–Crippen MR) is 153 cm³/mol. The van der Waals surface area contributed by atoms with Crippen LogP contribution in [0, 0.1) is 5.41 Å². The lowest BCUT2D eigenvalue weighted by Crippen LogP contribution is -2.33. The lowest BCUT2D eigenvalue weighted by Gasteiger charge is -2.29. The number of aromatic nitrogens is 4. The molecule has 39 heavy (non-hydrogen) atoms. The molecule has 0 spiro atoms. The van der Waals surface area contributed by atoms with Crippen molar-refractivity contribution in [1.82, 2.24) is 19.3 Å². The fraction of sp³-hybridized carbons (Fsp3) is 0.452. The number of rotatable bonds is 11. The second-order valence-electron chi connectivity index (χ2n) is 10.7. The van der Waals surface area contributed by atoms with Gasteiger partial charge in [-0.3, -0.25) is 9.48 Å². The van der Waals surface area contributed by atoms with Gasteiger partial charge in [-0.25, -0.2) is 4.98 Å². The number of carboxylic acids is 1. The summed E-state index contributed by atoms with van der Waals surface area (Å²) in [7, 11) is 1.89. The predicted octanol–water partition coefficient (Wildman–Crippen LogP) is 5.82. The van der Waals surface area contributed by atoms with Crippen LogP contribution in [0.3, 0.4) is 0 Å². The van der Waals surface area contributed by atoms with Crippen molar-refractivity contribution >= 4 is 22.7 Å². The minimum Gasteiger partial charge on any atom is -0.487 e. The fourth-order valence-corrected chi connectivity index (χ4v) is 5.62. The smallest absolute Gasteiger partial charge is 0.310 e. The summed E-state index contributed by atoms with van der Waals surface area (Å²) in [5.41, 5.74) is 4.21. The molecule has 0 atom stereocenters. The van der Waals surface area contributed by atoms with E-state index >= 15 is 0 Å². The van der Waals surface area contributed by atoms with Crippen LogP contribution >= 0.6 is 0 Å². The third-order valence-electron chi connectivity index (χ3n) is 8.23. The number of aryl methyl sites for hydroxylation is 1. The number of aliphatic carboxylic acids is 1. The summed E-state index contributed by atoms with van der Waals surface area (Å²) in [6.45, 7) is 7.08. The van der Waals surface area contributed by atoms with Gasteiger partial charge in [0, 0.05) is 51.1 Å². The van der Waals surface area contributed by atoms with Crippen molar-refractivity contribution in [3.05, 3.63) is 71.8 Å². The normalized spacial score (nSPS) is 14.2. The van der Waals surface area contributed by atoms with Gasteiger partial charge in [-0.1, -0.05) is 26.0 Å². The molecular formula is C31H39N5O3. The standard InChI is InChI=1S/C31H39N5O3/c1-4-31(5-2,30(37)38)20-29-32-27-13-12-26(39-22-24-14-17-34(3)33-24)19-28(27)36(29)21-23-10-9-11-25(18-23)35-15-7-6-8-16-35/h9-14,17-19H,4-8,15-16,20-22H2,1-3H3,(H,37,38). The summed E-state index contributed by atoms with van der Waals surface area (Å²) < 4.78 is 10.0. The van der Waals surface area contributed by atoms with Gasteiger partial charge in [0.25, 0.3) is 0 Å². The second kappa shape index (κ2) is 11.5. The van der Waals surface area contributed by atoms with Crippen LogP contribution in [0.2, 0.25) is 0 Å². The van der Waals surface area contributed by atoms with Gasteiger partial charge in [0.2, 0.25) is 0 Å². The van der Waals surface area contributed by atoms with Crippen molar-refractivity contribution in [3.8, 4) is 5.75 Å². The van der Waals surface area contributed by atoms with Gasteiger partial charge < -0.3 is 19.3 Å². The first-order valence-electron chi connectivity index (χ1n) is 14.1. The number of benzene rings is 2. The van der Waals surface area contributed by atoms with Crippen LogP contribution in [0.4, 0.5) is 5.69 Å². The Bertz CT molecular complexity index is 1430. The first-order valence-corrected chi connectivity index (χ1v) is 14.1. The third-order valence-corrected chi connectivity index (χ3v) is 8.23. The zero-order valence-corrected chi connectivity index (χ0v) is 23.3. The quantitative estimate of drug-likeness (QED) is 0.264. The molecule has 1 aliphatic rings. The largest absolute Gasteiger partial charge is 0.487 e. The summed E-state index contributed by atoms with van der Waals surface area (Å²) in [6.07, 6.45) is 7.12. The lowest BCUT2D eigenvalue weighted by atomic mass is 9.79. The molecule has 0 aliphatic carbocycles. The highest BCUT2D eigenvalue weighted by Gasteiger charge is 2.37. The number of nitrogens with zero attached hydrogens (tertiary/aromatic N) is 5. The van der Waals surface area contributed by atoms with Crippen LogP contribution in [0.25, 0.3) is 11.0 Å². The van der Waals surface area contributed by atoms with Gasteiger partial charge >= 0.3 is 5.97 Å². The Kier molecular flexibility index (Phi) is 7.91. The summed E-state index contributed by atoms with van der Waals surface area (Å²) in [6, 6.07) is 16.6. The van der Waals surface area contributed by atoms with Crippen molar-refractivity contribution in [1.29, 1.82) is 0 Å². The Morgan fingerprint density at radius 3 is 2.54 bits per heavy atom. The molecule has 1 fully saturated rings. The number of piperidine rings is 1. The van der Waals surface area contributed by atoms with Gasteiger partial charge in [0.15, 0.2) is 0 Å². The van der Waals surface area contributed by atoms with Gasteiger partial charge in [-0.15, -0.1) is 0 Å². The number of carbonyl (C=O) groups is 1. The average molecular weight is 530 g/mol. The molecule has 2 aromatic carbocycles. The molecule has 0 radical (unpaired) electrons. The van der Waals surface area contributed by atoms with E-state index in [4.69, 9.17) is 9.72 Å². The molecule has 0 unspecified atom stereocenters. The highest BCUT2D eigenvalue weighted by atomic mass is 16.5. The molecule has 1 aliphatic heterocycles. The number of hydrogen-bond donors (Lipinski definition) is 1. The zero-order chi connectivity index (χ0) is 27.4. The van der Waals surface area contributed by atoms with Crippen LogP contribution in [0.15, 0.2) is 54.7 Å². The summed E-state index contributed by atoms with van der Waals surface area (Å²) in [4.78, 5) is 19.8. The Morgan fingerprint density at radius 1 is 1.05 bits per heavy atom. The maximum atomic E-state index is 12.4. The summed E-state index contributed by atoms with van der Waals surface area (Å²) >= 11 is 0. The van der Waals surface area contributed by atoms with E-state index in [2.05, 4.69) is 38.8 Å². The highest BCUT2D eigenvalue weighted by Crippen LogP contribution is 2.34. The SMILES string of the molecule is CCC(CC)(Cc1nc2ccc(OCc3ccn(C)n3)cc2n1Cc1cccc(N2CCCCC2)c1)C(=O)O. The van der Waals surface area contributed by atoms with E-state index in [0.29, 0.717) is 32.4 Å². The maximum Gasteiger partial charge on any atom is 0.310 e. The van der Waals surface area contributed by atoms with Crippen molar-refractivity contribution in [2.75, 3.05) is 18.0 Å². The number of anilines is 1. The summed E-state index contributed by atoms with van der Waals surface area (Å²) in [5.74, 6) is 0.761. The van der Waals surface area contributed by atoms with E-state index < -0.39 is 11.4 Å². The number of fused-ring (bicyclic) bond motifs is 1. The fourth-order valence-electron chi connectivity index (χ4n) is 5.62. The lowest BCUT2D eigenvalue weighted by molar-refractivity contribution is -0.149. The van der Waals surface area contributed by atoms with E-state index in [1.807, 2.05) is 51.4 Å². The van der Waals surface area contributed by atoms with Crippen molar-refractivity contribution in [2.24, 2.45) is 12.5 Å². The van der Waals surface area contributed by atoms with Crippen molar-refractivity contribution in [3.63, 3.8) is 0 Å². The van der Waals surface area contributed by atoms with Crippen LogP contribution < -0.4 is 9.64 Å². The van der Waals surface area contributed by atoms with Crippen LogP contribution in [-0.2, 0) is 31.4 Å². The monoisotopic (exact) mass is 529 g/mol. The Labute approximate surface area is 230 Å². The third kappa shape index (κ3) is 5.79. The van der Waals surface area contributed by atoms with E-state index in [9.17, 15) is 9.90 Å². The molecule has 0 bridgehead atoms. The minimum atomic E-state index is -0.854. The van der Waals surface area contributed by atoms with Gasteiger partial charge in [0.05, 0.1) is 22.1 Å². The molecule has 1 saturated heterocycles. The van der Waals surface area contributed by atoms with Crippen LogP contribution in [-0.4, -0.2) is 43.5 Å². The Balaban J connectivity index is 1.51. The number of hydrogen-bond acceptors (Lipinski definition) is 5. The topological polar surface area (TPSA) is 85.4 Å². The molecule has 0 saturated carbocycles. The van der Waals surface area contributed by atoms with Gasteiger partial charge in [0.1, 0.15) is 18.2 Å². The van der Waals surface area contributed by atoms with E-state index in [1.54, 1.807) is 4.68 Å². The van der Waals surface area contributed by atoms with Crippen molar-refractivity contribution in [2.45, 2.75) is 65.5 Å². The maximum absolute atomic E-state index is 12.4. The molecule has 1 N–H and O–H groups in total.